The minimum atomic E-state index is -0.249. The van der Waals surface area contributed by atoms with Crippen LogP contribution in [0.15, 0.2) is 18.2 Å². The number of likely N-dealkylation sites (tertiary alicyclic amines) is 1. The van der Waals surface area contributed by atoms with Crippen molar-refractivity contribution in [2.45, 2.75) is 25.9 Å². The molecule has 1 saturated heterocycles. The molecule has 0 spiro atoms. The van der Waals surface area contributed by atoms with Gasteiger partial charge in [-0.05, 0) is 37.1 Å². The summed E-state index contributed by atoms with van der Waals surface area (Å²) in [5.74, 6) is 0.276. The van der Waals surface area contributed by atoms with E-state index in [0.29, 0.717) is 23.6 Å². The lowest BCUT2D eigenvalue weighted by Gasteiger charge is -2.35. The van der Waals surface area contributed by atoms with Gasteiger partial charge < -0.3 is 5.73 Å². The molecule has 2 atom stereocenters. The quantitative estimate of drug-likeness (QED) is 0.868. The summed E-state index contributed by atoms with van der Waals surface area (Å²) in [4.78, 5) is 2.16. The summed E-state index contributed by atoms with van der Waals surface area (Å²) in [7, 11) is 0. The molecule has 2 rings (SSSR count). The van der Waals surface area contributed by atoms with Crippen LogP contribution in [0.2, 0.25) is 0 Å². The highest BCUT2D eigenvalue weighted by molar-refractivity contribution is 5.33. The predicted molar refractivity (Wildman–Crippen MR) is 68.1 cm³/mol. The maximum Gasteiger partial charge on any atom is 0.127 e. The van der Waals surface area contributed by atoms with E-state index in [1.165, 1.54) is 12.1 Å². The lowest BCUT2D eigenvalue weighted by molar-refractivity contribution is 0.160. The topological polar surface area (TPSA) is 53.0 Å². The van der Waals surface area contributed by atoms with E-state index in [-0.39, 0.29) is 11.9 Å². The van der Waals surface area contributed by atoms with Gasteiger partial charge in [-0.15, -0.1) is 0 Å². The Morgan fingerprint density at radius 3 is 3.00 bits per heavy atom. The summed E-state index contributed by atoms with van der Waals surface area (Å²) in [6, 6.07) is 6.68. The number of nitrogens with two attached hydrogens (primary N) is 1. The monoisotopic (exact) mass is 247 g/mol. The van der Waals surface area contributed by atoms with E-state index < -0.39 is 0 Å². The van der Waals surface area contributed by atoms with Crippen LogP contribution in [0, 0.1) is 23.1 Å². The number of nitrogens with zero attached hydrogens (tertiary/aromatic N) is 2. The van der Waals surface area contributed by atoms with Gasteiger partial charge in [0.05, 0.1) is 11.6 Å². The van der Waals surface area contributed by atoms with E-state index in [1.54, 1.807) is 6.07 Å². The van der Waals surface area contributed by atoms with Crippen LogP contribution >= 0.6 is 0 Å². The smallest absolute Gasteiger partial charge is 0.127 e. The molecule has 0 amide bonds. The summed E-state index contributed by atoms with van der Waals surface area (Å²) in [6.45, 7) is 4.41. The minimum absolute atomic E-state index is 0.154. The van der Waals surface area contributed by atoms with Gasteiger partial charge in [-0.3, -0.25) is 4.90 Å². The molecule has 3 nitrogen and oxygen atoms in total. The summed E-state index contributed by atoms with van der Waals surface area (Å²) < 4.78 is 13.7. The van der Waals surface area contributed by atoms with Crippen molar-refractivity contribution >= 4 is 0 Å². The van der Waals surface area contributed by atoms with Crippen molar-refractivity contribution in [3.05, 3.63) is 35.1 Å². The SMILES string of the molecule is CC1CCN(Cc2cc(C#N)ccc2F)CC1N. The van der Waals surface area contributed by atoms with Crippen LogP contribution in [0.3, 0.4) is 0 Å². The summed E-state index contributed by atoms with van der Waals surface area (Å²) >= 11 is 0. The Bertz CT molecular complexity index is 467. The summed E-state index contributed by atoms with van der Waals surface area (Å²) in [5.41, 5.74) is 7.11. The fourth-order valence-corrected chi connectivity index (χ4v) is 2.32. The van der Waals surface area contributed by atoms with Crippen molar-refractivity contribution < 1.29 is 4.39 Å². The summed E-state index contributed by atoms with van der Waals surface area (Å²) in [6.07, 6.45) is 1.04. The molecule has 0 saturated carbocycles. The fraction of sp³-hybridized carbons (Fsp3) is 0.500. The number of piperidine rings is 1. The minimum Gasteiger partial charge on any atom is -0.326 e. The van der Waals surface area contributed by atoms with Gasteiger partial charge >= 0.3 is 0 Å². The van der Waals surface area contributed by atoms with E-state index in [4.69, 9.17) is 11.0 Å². The number of halogens is 1. The number of nitriles is 1. The Morgan fingerprint density at radius 2 is 2.33 bits per heavy atom. The second-order valence-corrected chi connectivity index (χ2v) is 5.08. The van der Waals surface area contributed by atoms with Crippen LogP contribution in [0.4, 0.5) is 4.39 Å². The molecule has 0 aromatic heterocycles. The molecule has 96 valence electrons. The maximum absolute atomic E-state index is 13.7. The van der Waals surface area contributed by atoms with Crippen LogP contribution in [-0.4, -0.2) is 24.0 Å². The van der Waals surface area contributed by atoms with E-state index in [1.807, 2.05) is 6.07 Å². The van der Waals surface area contributed by atoms with Crippen molar-refractivity contribution in [3.63, 3.8) is 0 Å². The molecular formula is C14H18FN3. The lowest BCUT2D eigenvalue weighted by atomic mass is 9.94. The second-order valence-electron chi connectivity index (χ2n) is 5.08. The zero-order chi connectivity index (χ0) is 13.1. The number of hydrogen-bond donors (Lipinski definition) is 1. The van der Waals surface area contributed by atoms with Crippen molar-refractivity contribution in [3.8, 4) is 6.07 Å². The van der Waals surface area contributed by atoms with Crippen LogP contribution in [0.25, 0.3) is 0 Å². The Balaban J connectivity index is 2.08. The molecule has 1 aromatic carbocycles. The van der Waals surface area contributed by atoms with Crippen LogP contribution in [-0.2, 0) is 6.54 Å². The normalized spacial score (nSPS) is 24.8. The third-order valence-corrected chi connectivity index (χ3v) is 3.67. The van der Waals surface area contributed by atoms with Crippen molar-refractivity contribution in [2.24, 2.45) is 11.7 Å². The largest absolute Gasteiger partial charge is 0.326 e. The molecule has 1 aliphatic heterocycles. The van der Waals surface area contributed by atoms with Gasteiger partial charge in [0.2, 0.25) is 0 Å². The van der Waals surface area contributed by atoms with E-state index in [0.717, 1.165) is 19.5 Å². The third-order valence-electron chi connectivity index (χ3n) is 3.67. The van der Waals surface area contributed by atoms with Gasteiger partial charge in [-0.2, -0.15) is 5.26 Å². The standard InChI is InChI=1S/C14H18FN3/c1-10-4-5-18(9-14(10)17)8-12-6-11(7-16)2-3-13(12)15/h2-3,6,10,14H,4-5,8-9,17H2,1H3. The van der Waals surface area contributed by atoms with Gasteiger partial charge in [0.25, 0.3) is 0 Å². The van der Waals surface area contributed by atoms with Crippen molar-refractivity contribution in [2.75, 3.05) is 13.1 Å². The molecule has 4 heteroatoms. The Labute approximate surface area is 107 Å². The van der Waals surface area contributed by atoms with Crippen LogP contribution < -0.4 is 5.73 Å². The first-order chi connectivity index (χ1) is 8.60. The van der Waals surface area contributed by atoms with E-state index in [9.17, 15) is 4.39 Å². The highest BCUT2D eigenvalue weighted by atomic mass is 19.1. The van der Waals surface area contributed by atoms with Gasteiger partial charge in [0.1, 0.15) is 5.82 Å². The Morgan fingerprint density at radius 1 is 1.56 bits per heavy atom. The molecule has 0 bridgehead atoms. The van der Waals surface area contributed by atoms with E-state index >= 15 is 0 Å². The molecule has 1 aromatic rings. The second kappa shape index (κ2) is 5.47. The number of hydrogen-bond acceptors (Lipinski definition) is 3. The third kappa shape index (κ3) is 2.87. The molecule has 0 radical (unpaired) electrons. The fourth-order valence-electron chi connectivity index (χ4n) is 2.32. The number of benzene rings is 1. The first-order valence-electron chi connectivity index (χ1n) is 6.26. The van der Waals surface area contributed by atoms with Gasteiger partial charge in [0, 0.05) is 24.7 Å². The van der Waals surface area contributed by atoms with E-state index in [2.05, 4.69) is 11.8 Å². The average Bonchev–Trinajstić information content (AvgIpc) is 2.36. The molecule has 1 heterocycles. The zero-order valence-corrected chi connectivity index (χ0v) is 10.6. The molecular weight excluding hydrogens is 229 g/mol. The highest BCUT2D eigenvalue weighted by Crippen LogP contribution is 2.19. The molecule has 2 unspecified atom stereocenters. The predicted octanol–water partition coefficient (Wildman–Crippen LogP) is 1.87. The van der Waals surface area contributed by atoms with Crippen LogP contribution in [0.5, 0.6) is 0 Å². The Hall–Kier alpha value is -1.44. The van der Waals surface area contributed by atoms with Gasteiger partial charge in [-0.25, -0.2) is 4.39 Å². The van der Waals surface area contributed by atoms with Gasteiger partial charge in [-0.1, -0.05) is 6.92 Å². The first kappa shape index (κ1) is 13.0. The molecule has 0 aliphatic carbocycles. The number of rotatable bonds is 2. The Kier molecular flexibility index (Phi) is 3.95. The molecule has 18 heavy (non-hydrogen) atoms. The molecule has 1 fully saturated rings. The molecule has 2 N–H and O–H groups in total. The molecule has 1 aliphatic rings. The van der Waals surface area contributed by atoms with Gasteiger partial charge in [0.15, 0.2) is 0 Å². The van der Waals surface area contributed by atoms with Crippen molar-refractivity contribution in [1.82, 2.24) is 4.90 Å². The first-order valence-corrected chi connectivity index (χ1v) is 6.26. The average molecular weight is 247 g/mol. The van der Waals surface area contributed by atoms with Crippen LogP contribution in [0.1, 0.15) is 24.5 Å². The van der Waals surface area contributed by atoms with Crippen molar-refractivity contribution in [1.29, 1.82) is 5.26 Å². The lowest BCUT2D eigenvalue weighted by Crippen LogP contribution is -2.47. The summed E-state index contributed by atoms with van der Waals surface area (Å²) in [5, 5.41) is 8.83. The maximum atomic E-state index is 13.7. The zero-order valence-electron chi connectivity index (χ0n) is 10.6. The highest BCUT2D eigenvalue weighted by Gasteiger charge is 2.23.